The quantitative estimate of drug-likeness (QED) is 0.704. The Bertz CT molecular complexity index is 694. The summed E-state index contributed by atoms with van der Waals surface area (Å²) in [4.78, 5) is 13.2. The molecule has 0 unspecified atom stereocenters. The van der Waals surface area contributed by atoms with Crippen molar-refractivity contribution in [1.82, 2.24) is 5.32 Å². The lowest BCUT2D eigenvalue weighted by atomic mass is 10.1. The van der Waals surface area contributed by atoms with E-state index in [1.807, 2.05) is 43.5 Å². The lowest BCUT2D eigenvalue weighted by Crippen LogP contribution is -2.30. The van der Waals surface area contributed by atoms with Crippen LogP contribution in [0.3, 0.4) is 0 Å². The summed E-state index contributed by atoms with van der Waals surface area (Å²) >= 11 is 13.7. The highest BCUT2D eigenvalue weighted by Gasteiger charge is 2.11. The van der Waals surface area contributed by atoms with Gasteiger partial charge in [-0.2, -0.15) is 0 Å². The fourth-order valence-electron chi connectivity index (χ4n) is 2.11. The Hall–Kier alpha value is -1.20. The number of amides is 1. The summed E-state index contributed by atoms with van der Waals surface area (Å²) in [5, 5.41) is 7.22. The Kier molecular flexibility index (Phi) is 6.78. The number of nitrogens with one attached hydrogen (secondary N) is 2. The van der Waals surface area contributed by atoms with Crippen molar-refractivity contribution in [2.45, 2.75) is 17.9 Å². The molecule has 0 fully saturated rings. The molecule has 1 amide bonds. The minimum atomic E-state index is -0.0970. The third kappa shape index (κ3) is 5.43. The summed E-state index contributed by atoms with van der Waals surface area (Å²) < 4.78 is 0. The lowest BCUT2D eigenvalue weighted by Gasteiger charge is -2.16. The first kappa shape index (κ1) is 18.1. The molecule has 122 valence electrons. The number of carbonyl (C=O) groups excluding carboxylic acids is 1. The molecule has 3 nitrogen and oxygen atoms in total. The Labute approximate surface area is 150 Å². The van der Waals surface area contributed by atoms with Crippen molar-refractivity contribution in [3.63, 3.8) is 0 Å². The van der Waals surface area contributed by atoms with Crippen LogP contribution in [0.1, 0.15) is 18.5 Å². The second kappa shape index (κ2) is 8.60. The van der Waals surface area contributed by atoms with Gasteiger partial charge in [0, 0.05) is 26.7 Å². The van der Waals surface area contributed by atoms with E-state index in [4.69, 9.17) is 23.2 Å². The van der Waals surface area contributed by atoms with Gasteiger partial charge in [-0.3, -0.25) is 4.79 Å². The van der Waals surface area contributed by atoms with E-state index in [9.17, 15) is 4.79 Å². The number of thioether (sulfide) groups is 1. The summed E-state index contributed by atoms with van der Waals surface area (Å²) in [6.07, 6.45) is 2.00. The Morgan fingerprint density at radius 1 is 1.22 bits per heavy atom. The first-order valence-electron chi connectivity index (χ1n) is 7.12. The van der Waals surface area contributed by atoms with Gasteiger partial charge in [-0.25, -0.2) is 0 Å². The molecule has 0 saturated heterocycles. The van der Waals surface area contributed by atoms with Crippen LogP contribution < -0.4 is 10.6 Å². The highest BCUT2D eigenvalue weighted by molar-refractivity contribution is 7.98. The van der Waals surface area contributed by atoms with Crippen molar-refractivity contribution < 1.29 is 4.79 Å². The molecule has 2 aromatic rings. The standard InChI is InChI=1S/C17H18Cl2N2OS/c1-11(15-7-6-12(18)8-16(15)19)20-10-17(22)21-13-4-3-5-14(9-13)23-2/h3-9,11,20H,10H2,1-2H3,(H,21,22)/t11-/m0/s1. The van der Waals surface area contributed by atoms with Crippen molar-refractivity contribution in [3.8, 4) is 0 Å². The Morgan fingerprint density at radius 3 is 2.70 bits per heavy atom. The number of halogens is 2. The van der Waals surface area contributed by atoms with Gasteiger partial charge in [0.1, 0.15) is 0 Å². The maximum absolute atomic E-state index is 12.1. The van der Waals surface area contributed by atoms with Crippen LogP contribution in [0.2, 0.25) is 10.0 Å². The molecule has 23 heavy (non-hydrogen) atoms. The molecule has 2 N–H and O–H groups in total. The first-order valence-corrected chi connectivity index (χ1v) is 9.10. The number of anilines is 1. The van der Waals surface area contributed by atoms with Crippen LogP contribution >= 0.6 is 35.0 Å². The van der Waals surface area contributed by atoms with E-state index in [-0.39, 0.29) is 18.5 Å². The van der Waals surface area contributed by atoms with Crippen molar-refractivity contribution in [2.75, 3.05) is 18.1 Å². The fraction of sp³-hybridized carbons (Fsp3) is 0.235. The van der Waals surface area contributed by atoms with Crippen LogP contribution in [0, 0.1) is 0 Å². The van der Waals surface area contributed by atoms with Gasteiger partial charge in [0.15, 0.2) is 0 Å². The summed E-state index contributed by atoms with van der Waals surface area (Å²) in [6.45, 7) is 2.15. The van der Waals surface area contributed by atoms with Crippen LogP contribution in [0.15, 0.2) is 47.4 Å². The van der Waals surface area contributed by atoms with E-state index in [1.54, 1.807) is 23.9 Å². The summed E-state index contributed by atoms with van der Waals surface area (Å²) in [6, 6.07) is 13.0. The maximum atomic E-state index is 12.1. The topological polar surface area (TPSA) is 41.1 Å². The van der Waals surface area contributed by atoms with E-state index in [1.165, 1.54) is 0 Å². The van der Waals surface area contributed by atoms with Crippen molar-refractivity contribution in [2.24, 2.45) is 0 Å². The molecule has 0 saturated carbocycles. The SMILES string of the molecule is CSc1cccc(NC(=O)CN[C@@H](C)c2ccc(Cl)cc2Cl)c1. The van der Waals surface area contributed by atoms with Gasteiger partial charge in [0.05, 0.1) is 6.54 Å². The molecule has 0 spiro atoms. The van der Waals surface area contributed by atoms with Crippen molar-refractivity contribution in [1.29, 1.82) is 0 Å². The van der Waals surface area contributed by atoms with E-state index < -0.39 is 0 Å². The molecule has 0 aliphatic carbocycles. The first-order chi connectivity index (χ1) is 11.0. The monoisotopic (exact) mass is 368 g/mol. The third-order valence-electron chi connectivity index (χ3n) is 3.35. The van der Waals surface area contributed by atoms with Gasteiger partial charge in [0.25, 0.3) is 0 Å². The average molecular weight is 369 g/mol. The molecule has 0 bridgehead atoms. The van der Waals surface area contributed by atoms with Gasteiger partial charge >= 0.3 is 0 Å². The highest BCUT2D eigenvalue weighted by atomic mass is 35.5. The van der Waals surface area contributed by atoms with Gasteiger partial charge in [0.2, 0.25) is 5.91 Å². The normalized spacial score (nSPS) is 12.0. The lowest BCUT2D eigenvalue weighted by molar-refractivity contribution is -0.115. The number of benzene rings is 2. The molecular weight excluding hydrogens is 351 g/mol. The van der Waals surface area contributed by atoms with Crippen LogP contribution in [-0.4, -0.2) is 18.7 Å². The molecule has 0 aliphatic rings. The second-order valence-electron chi connectivity index (χ2n) is 5.05. The van der Waals surface area contributed by atoms with Crippen LogP contribution in [0.4, 0.5) is 5.69 Å². The maximum Gasteiger partial charge on any atom is 0.238 e. The Morgan fingerprint density at radius 2 is 2.00 bits per heavy atom. The number of rotatable bonds is 6. The second-order valence-corrected chi connectivity index (χ2v) is 6.77. The van der Waals surface area contributed by atoms with E-state index in [2.05, 4.69) is 10.6 Å². The van der Waals surface area contributed by atoms with Gasteiger partial charge < -0.3 is 10.6 Å². The smallest absolute Gasteiger partial charge is 0.238 e. The molecule has 6 heteroatoms. The van der Waals surface area contributed by atoms with Gasteiger partial charge in [-0.1, -0.05) is 35.3 Å². The molecule has 0 heterocycles. The molecule has 0 radical (unpaired) electrons. The van der Waals surface area contributed by atoms with E-state index >= 15 is 0 Å². The van der Waals surface area contributed by atoms with E-state index in [0.717, 1.165) is 16.1 Å². The minimum absolute atomic E-state index is 0.0527. The zero-order chi connectivity index (χ0) is 16.8. The van der Waals surface area contributed by atoms with E-state index in [0.29, 0.717) is 10.0 Å². The molecule has 2 aromatic carbocycles. The van der Waals surface area contributed by atoms with Gasteiger partial charge in [-0.15, -0.1) is 11.8 Å². The Balaban J connectivity index is 1.90. The zero-order valence-corrected chi connectivity index (χ0v) is 15.2. The predicted molar refractivity (Wildman–Crippen MR) is 99.7 cm³/mol. The van der Waals surface area contributed by atoms with Gasteiger partial charge in [-0.05, 0) is 49.1 Å². The predicted octanol–water partition coefficient (Wildman–Crippen LogP) is 5.00. The van der Waals surface area contributed by atoms with Crippen molar-refractivity contribution >= 4 is 46.6 Å². The van der Waals surface area contributed by atoms with Crippen LogP contribution in [0.5, 0.6) is 0 Å². The average Bonchev–Trinajstić information content (AvgIpc) is 2.53. The highest BCUT2D eigenvalue weighted by Crippen LogP contribution is 2.26. The largest absolute Gasteiger partial charge is 0.325 e. The molecule has 1 atom stereocenters. The minimum Gasteiger partial charge on any atom is -0.325 e. The summed E-state index contributed by atoms with van der Waals surface area (Å²) in [5.41, 5.74) is 1.70. The number of hydrogen-bond acceptors (Lipinski definition) is 3. The van der Waals surface area contributed by atoms with Crippen molar-refractivity contribution in [3.05, 3.63) is 58.1 Å². The summed E-state index contributed by atoms with van der Waals surface area (Å²) in [5.74, 6) is -0.0970. The zero-order valence-electron chi connectivity index (χ0n) is 12.9. The molecule has 0 aromatic heterocycles. The third-order valence-corrected chi connectivity index (χ3v) is 4.64. The molecule has 0 aliphatic heterocycles. The molecular formula is C17H18Cl2N2OS. The number of hydrogen-bond donors (Lipinski definition) is 2. The summed E-state index contributed by atoms with van der Waals surface area (Å²) in [7, 11) is 0. The molecule has 2 rings (SSSR count). The fourth-order valence-corrected chi connectivity index (χ4v) is 3.15. The number of carbonyl (C=O) groups is 1. The van der Waals surface area contributed by atoms with Crippen LogP contribution in [-0.2, 0) is 4.79 Å². The van der Waals surface area contributed by atoms with Crippen LogP contribution in [0.25, 0.3) is 0 Å².